The number of carbonyl (C=O) groups excluding carboxylic acids is 3. The molecule has 2 aromatic carbocycles. The standard InChI is InChI=1S/C17H13NO4/c1-22-11-5-2-9(3-6-11)15(19)14-16(20)12-7-4-10(18)8-13(12)17(14)21/h2-8,14H,18H2,1H3. The number of nitrogen functional groups attached to an aromatic ring is 1. The Labute approximate surface area is 126 Å². The van der Waals surface area contributed by atoms with Gasteiger partial charge >= 0.3 is 0 Å². The number of fused-ring (bicyclic) bond motifs is 1. The van der Waals surface area contributed by atoms with Crippen LogP contribution in [0, 0.1) is 5.92 Å². The third-order valence-electron chi connectivity index (χ3n) is 3.74. The fourth-order valence-electron chi connectivity index (χ4n) is 2.57. The molecule has 0 aliphatic heterocycles. The second-order valence-corrected chi connectivity index (χ2v) is 5.06. The van der Waals surface area contributed by atoms with Crippen molar-refractivity contribution in [2.75, 3.05) is 12.8 Å². The number of hydrogen-bond acceptors (Lipinski definition) is 5. The number of nitrogens with two attached hydrogens (primary N) is 1. The summed E-state index contributed by atoms with van der Waals surface area (Å²) >= 11 is 0. The van der Waals surface area contributed by atoms with Crippen LogP contribution in [0.5, 0.6) is 5.75 Å². The van der Waals surface area contributed by atoms with Gasteiger partial charge in [0.05, 0.1) is 7.11 Å². The molecular formula is C17H13NO4. The van der Waals surface area contributed by atoms with Gasteiger partial charge in [0.1, 0.15) is 11.7 Å². The van der Waals surface area contributed by atoms with Gasteiger partial charge in [0, 0.05) is 22.4 Å². The third-order valence-corrected chi connectivity index (χ3v) is 3.74. The lowest BCUT2D eigenvalue weighted by atomic mass is 9.93. The van der Waals surface area contributed by atoms with Crippen molar-refractivity contribution in [1.29, 1.82) is 0 Å². The molecule has 1 unspecified atom stereocenters. The van der Waals surface area contributed by atoms with Crippen LogP contribution in [0.25, 0.3) is 0 Å². The van der Waals surface area contributed by atoms with Crippen molar-refractivity contribution in [3.8, 4) is 5.75 Å². The molecule has 2 aromatic rings. The molecule has 5 nitrogen and oxygen atoms in total. The molecule has 0 spiro atoms. The van der Waals surface area contributed by atoms with Gasteiger partial charge in [-0.15, -0.1) is 0 Å². The summed E-state index contributed by atoms with van der Waals surface area (Å²) in [6.07, 6.45) is 0. The minimum Gasteiger partial charge on any atom is -0.497 e. The van der Waals surface area contributed by atoms with E-state index in [0.29, 0.717) is 17.0 Å². The molecule has 22 heavy (non-hydrogen) atoms. The summed E-state index contributed by atoms with van der Waals surface area (Å²) in [5.41, 5.74) is 6.80. The normalized spacial score (nSPS) is 16.5. The Morgan fingerprint density at radius 1 is 1.00 bits per heavy atom. The van der Waals surface area contributed by atoms with Gasteiger partial charge in [0.15, 0.2) is 17.3 Å². The molecule has 1 atom stereocenters. The van der Waals surface area contributed by atoms with E-state index in [-0.39, 0.29) is 11.1 Å². The van der Waals surface area contributed by atoms with E-state index < -0.39 is 23.3 Å². The SMILES string of the molecule is COc1ccc(C(=O)C2C(=O)c3ccc(N)cc3C2=O)cc1. The van der Waals surface area contributed by atoms with Crippen LogP contribution < -0.4 is 10.5 Å². The van der Waals surface area contributed by atoms with Crippen molar-refractivity contribution in [1.82, 2.24) is 0 Å². The number of ketones is 3. The lowest BCUT2D eigenvalue weighted by molar-refractivity contribution is 0.0756. The summed E-state index contributed by atoms with van der Waals surface area (Å²) in [5, 5.41) is 0. The average molecular weight is 295 g/mol. The van der Waals surface area contributed by atoms with Crippen LogP contribution in [0.15, 0.2) is 42.5 Å². The van der Waals surface area contributed by atoms with Gasteiger partial charge in [-0.05, 0) is 42.5 Å². The second kappa shape index (κ2) is 5.11. The topological polar surface area (TPSA) is 86.5 Å². The van der Waals surface area contributed by atoms with Crippen molar-refractivity contribution in [2.24, 2.45) is 5.92 Å². The molecule has 0 amide bonds. The van der Waals surface area contributed by atoms with Crippen molar-refractivity contribution in [3.63, 3.8) is 0 Å². The van der Waals surface area contributed by atoms with Crippen molar-refractivity contribution < 1.29 is 19.1 Å². The summed E-state index contributed by atoms with van der Waals surface area (Å²) in [4.78, 5) is 37.2. The molecule has 1 aliphatic carbocycles. The molecule has 0 saturated heterocycles. The van der Waals surface area contributed by atoms with Crippen LogP contribution in [0.1, 0.15) is 31.1 Å². The Morgan fingerprint density at radius 3 is 2.27 bits per heavy atom. The van der Waals surface area contributed by atoms with Crippen LogP contribution in [-0.2, 0) is 0 Å². The third kappa shape index (κ3) is 2.07. The maximum atomic E-state index is 12.5. The van der Waals surface area contributed by atoms with Crippen LogP contribution in [0.4, 0.5) is 5.69 Å². The first kappa shape index (κ1) is 14.0. The first-order valence-corrected chi connectivity index (χ1v) is 6.69. The highest BCUT2D eigenvalue weighted by Crippen LogP contribution is 2.31. The molecule has 0 bridgehead atoms. The van der Waals surface area contributed by atoms with Crippen LogP contribution in [0.2, 0.25) is 0 Å². The Bertz CT molecular complexity index is 793. The number of methoxy groups -OCH3 is 1. The Balaban J connectivity index is 1.97. The van der Waals surface area contributed by atoms with Gasteiger partial charge in [-0.1, -0.05) is 0 Å². The Hall–Kier alpha value is -2.95. The summed E-state index contributed by atoms with van der Waals surface area (Å²) in [6, 6.07) is 10.8. The summed E-state index contributed by atoms with van der Waals surface area (Å²) in [6.45, 7) is 0. The predicted octanol–water partition coefficient (Wildman–Crippen LogP) is 2.16. The van der Waals surface area contributed by atoms with E-state index in [4.69, 9.17) is 10.5 Å². The van der Waals surface area contributed by atoms with Gasteiger partial charge in [-0.2, -0.15) is 0 Å². The van der Waals surface area contributed by atoms with E-state index in [1.165, 1.54) is 19.2 Å². The van der Waals surface area contributed by atoms with Gasteiger partial charge in [0.2, 0.25) is 0 Å². The zero-order valence-electron chi connectivity index (χ0n) is 11.8. The Kier molecular flexibility index (Phi) is 3.25. The monoisotopic (exact) mass is 295 g/mol. The van der Waals surface area contributed by atoms with Gasteiger partial charge < -0.3 is 10.5 Å². The average Bonchev–Trinajstić information content (AvgIpc) is 2.78. The quantitative estimate of drug-likeness (QED) is 0.532. The number of hydrogen-bond donors (Lipinski definition) is 1. The number of ether oxygens (including phenoxy) is 1. The summed E-state index contributed by atoms with van der Waals surface area (Å²) in [7, 11) is 1.52. The van der Waals surface area contributed by atoms with E-state index in [2.05, 4.69) is 0 Å². The molecule has 110 valence electrons. The highest BCUT2D eigenvalue weighted by molar-refractivity contribution is 6.38. The number of anilines is 1. The van der Waals surface area contributed by atoms with Crippen LogP contribution in [0.3, 0.4) is 0 Å². The molecule has 0 radical (unpaired) electrons. The van der Waals surface area contributed by atoms with Gasteiger partial charge in [0.25, 0.3) is 0 Å². The molecule has 1 aliphatic rings. The minimum absolute atomic E-state index is 0.219. The Morgan fingerprint density at radius 2 is 1.64 bits per heavy atom. The number of rotatable bonds is 3. The fraction of sp³-hybridized carbons (Fsp3) is 0.118. The van der Waals surface area contributed by atoms with Crippen LogP contribution in [-0.4, -0.2) is 24.5 Å². The van der Waals surface area contributed by atoms with Gasteiger partial charge in [-0.25, -0.2) is 0 Å². The lowest BCUT2D eigenvalue weighted by Crippen LogP contribution is -2.25. The molecule has 0 heterocycles. The van der Waals surface area contributed by atoms with E-state index in [1.807, 2.05) is 0 Å². The van der Waals surface area contributed by atoms with E-state index >= 15 is 0 Å². The van der Waals surface area contributed by atoms with Crippen molar-refractivity contribution >= 4 is 23.0 Å². The zero-order valence-corrected chi connectivity index (χ0v) is 11.8. The second-order valence-electron chi connectivity index (χ2n) is 5.06. The lowest BCUT2D eigenvalue weighted by Gasteiger charge is -2.07. The van der Waals surface area contributed by atoms with E-state index in [0.717, 1.165) is 0 Å². The van der Waals surface area contributed by atoms with E-state index in [1.54, 1.807) is 30.3 Å². The maximum absolute atomic E-state index is 12.5. The first-order chi connectivity index (χ1) is 10.5. The molecule has 0 aromatic heterocycles. The van der Waals surface area contributed by atoms with Crippen molar-refractivity contribution in [3.05, 3.63) is 59.2 Å². The molecule has 2 N–H and O–H groups in total. The highest BCUT2D eigenvalue weighted by atomic mass is 16.5. The molecular weight excluding hydrogens is 282 g/mol. The van der Waals surface area contributed by atoms with Crippen LogP contribution >= 0.6 is 0 Å². The fourth-order valence-corrected chi connectivity index (χ4v) is 2.57. The van der Waals surface area contributed by atoms with Gasteiger partial charge in [-0.3, -0.25) is 14.4 Å². The predicted molar refractivity (Wildman–Crippen MR) is 80.3 cm³/mol. The molecule has 0 fully saturated rings. The van der Waals surface area contributed by atoms with E-state index in [9.17, 15) is 14.4 Å². The summed E-state index contributed by atoms with van der Waals surface area (Å²) in [5.74, 6) is -2.19. The largest absolute Gasteiger partial charge is 0.497 e. The smallest absolute Gasteiger partial charge is 0.182 e. The number of Topliss-reactive ketones (excluding diaryl/α,β-unsaturated/α-hetero) is 3. The number of benzene rings is 2. The molecule has 5 heteroatoms. The van der Waals surface area contributed by atoms with Crippen molar-refractivity contribution in [2.45, 2.75) is 0 Å². The highest BCUT2D eigenvalue weighted by Gasteiger charge is 2.43. The zero-order chi connectivity index (χ0) is 15.9. The first-order valence-electron chi connectivity index (χ1n) is 6.69. The molecule has 0 saturated carbocycles. The minimum atomic E-state index is -1.31. The summed E-state index contributed by atoms with van der Waals surface area (Å²) < 4.78 is 5.02. The maximum Gasteiger partial charge on any atom is 0.182 e. The molecule has 3 rings (SSSR count). The number of carbonyl (C=O) groups is 3.